The van der Waals surface area contributed by atoms with E-state index < -0.39 is 29.1 Å². The molecule has 0 spiro atoms. The zero-order valence-corrected chi connectivity index (χ0v) is 22.6. The SMILES string of the molecule is CC(O)(c1ccc2c(c1)CCC1N(C(=O)C3CCC(C(=O)O)CC3)CCC21Cc1cccc(Cl)c1)C(F)(F)F. The van der Waals surface area contributed by atoms with Crippen molar-refractivity contribution >= 4 is 23.5 Å². The molecule has 39 heavy (non-hydrogen) atoms. The Balaban J connectivity index is 1.50. The van der Waals surface area contributed by atoms with Gasteiger partial charge in [0, 0.05) is 28.9 Å². The molecule has 3 aliphatic rings. The smallest absolute Gasteiger partial charge is 0.421 e. The molecule has 9 heteroatoms. The van der Waals surface area contributed by atoms with E-state index in [2.05, 4.69) is 0 Å². The number of aryl methyl sites for hydroxylation is 1. The summed E-state index contributed by atoms with van der Waals surface area (Å²) in [5.74, 6) is -1.38. The minimum absolute atomic E-state index is 0.0527. The monoisotopic (exact) mass is 563 g/mol. The minimum atomic E-state index is -4.81. The molecule has 1 heterocycles. The quantitative estimate of drug-likeness (QED) is 0.466. The molecule has 0 radical (unpaired) electrons. The average molecular weight is 564 g/mol. The lowest BCUT2D eigenvalue weighted by molar-refractivity contribution is -0.258. The predicted molar refractivity (Wildman–Crippen MR) is 140 cm³/mol. The number of carboxylic acid groups (broad SMARTS) is 1. The van der Waals surface area contributed by atoms with Crippen molar-refractivity contribution in [2.75, 3.05) is 6.54 Å². The summed E-state index contributed by atoms with van der Waals surface area (Å²) in [6, 6.07) is 12.0. The number of carbonyl (C=O) groups excluding carboxylic acids is 1. The van der Waals surface area contributed by atoms with Crippen LogP contribution in [-0.2, 0) is 33.4 Å². The number of hydrogen-bond donors (Lipinski definition) is 2. The van der Waals surface area contributed by atoms with Gasteiger partial charge in [0.15, 0.2) is 5.60 Å². The molecule has 1 amide bonds. The molecule has 2 aliphatic carbocycles. The molecular weight excluding hydrogens is 531 g/mol. The Labute approximate surface area is 231 Å². The van der Waals surface area contributed by atoms with Crippen molar-refractivity contribution in [3.63, 3.8) is 0 Å². The van der Waals surface area contributed by atoms with Crippen molar-refractivity contribution in [2.24, 2.45) is 11.8 Å². The van der Waals surface area contributed by atoms with E-state index in [9.17, 15) is 33.0 Å². The number of aliphatic carboxylic acids is 1. The summed E-state index contributed by atoms with van der Waals surface area (Å²) in [6.45, 7) is 1.31. The molecule has 1 saturated carbocycles. The summed E-state index contributed by atoms with van der Waals surface area (Å²) in [6.07, 6.45) is -0.411. The molecule has 1 aliphatic heterocycles. The fourth-order valence-corrected chi connectivity index (χ4v) is 7.34. The first-order valence-corrected chi connectivity index (χ1v) is 13.9. The molecule has 2 N–H and O–H groups in total. The van der Waals surface area contributed by atoms with E-state index in [0.29, 0.717) is 62.9 Å². The van der Waals surface area contributed by atoms with E-state index in [1.165, 1.54) is 12.1 Å². The number of aliphatic hydroxyl groups is 1. The molecule has 0 aromatic heterocycles. The van der Waals surface area contributed by atoms with Gasteiger partial charge in [0.2, 0.25) is 5.91 Å². The second kappa shape index (κ2) is 10.1. The highest BCUT2D eigenvalue weighted by atomic mass is 35.5. The van der Waals surface area contributed by atoms with Gasteiger partial charge in [-0.1, -0.05) is 41.9 Å². The highest BCUT2D eigenvalue weighted by molar-refractivity contribution is 6.30. The third-order valence-electron chi connectivity index (χ3n) is 9.37. The topological polar surface area (TPSA) is 77.8 Å². The second-order valence-electron chi connectivity index (χ2n) is 11.6. The first-order chi connectivity index (χ1) is 18.3. The minimum Gasteiger partial charge on any atom is -0.481 e. The van der Waals surface area contributed by atoms with E-state index >= 15 is 0 Å². The van der Waals surface area contributed by atoms with Crippen LogP contribution in [0, 0.1) is 11.8 Å². The molecule has 2 aromatic rings. The predicted octanol–water partition coefficient (Wildman–Crippen LogP) is 6.03. The van der Waals surface area contributed by atoms with E-state index in [1.807, 2.05) is 23.1 Å². The largest absolute Gasteiger partial charge is 0.481 e. The van der Waals surface area contributed by atoms with E-state index in [4.69, 9.17) is 11.6 Å². The zero-order valence-electron chi connectivity index (χ0n) is 21.8. The molecule has 3 unspecified atom stereocenters. The number of likely N-dealkylation sites (tertiary alicyclic amines) is 1. The molecular formula is C30H33ClF3NO4. The maximum Gasteiger partial charge on any atom is 0.421 e. The normalized spacial score (nSPS) is 28.4. The number of benzene rings is 2. The lowest BCUT2D eigenvalue weighted by atomic mass is 9.63. The molecule has 2 aromatic carbocycles. The summed E-state index contributed by atoms with van der Waals surface area (Å²) < 4.78 is 40.8. The van der Waals surface area contributed by atoms with Gasteiger partial charge < -0.3 is 15.1 Å². The van der Waals surface area contributed by atoms with E-state index in [-0.39, 0.29) is 23.4 Å². The van der Waals surface area contributed by atoms with Gasteiger partial charge in [-0.15, -0.1) is 0 Å². The Morgan fingerprint density at radius 3 is 2.38 bits per heavy atom. The third-order valence-corrected chi connectivity index (χ3v) is 9.61. The third kappa shape index (κ3) is 4.95. The fourth-order valence-electron chi connectivity index (χ4n) is 7.13. The van der Waals surface area contributed by atoms with Gasteiger partial charge in [-0.3, -0.25) is 9.59 Å². The van der Waals surface area contributed by atoms with Crippen molar-refractivity contribution in [1.82, 2.24) is 4.90 Å². The zero-order chi connectivity index (χ0) is 28.2. The number of halogens is 4. The van der Waals surface area contributed by atoms with Crippen molar-refractivity contribution < 1.29 is 33.0 Å². The molecule has 5 rings (SSSR count). The van der Waals surface area contributed by atoms with Crippen molar-refractivity contribution in [3.05, 3.63) is 69.7 Å². The number of alkyl halides is 3. The van der Waals surface area contributed by atoms with Gasteiger partial charge in [-0.05, 0) is 92.7 Å². The molecule has 3 atom stereocenters. The van der Waals surface area contributed by atoms with Crippen molar-refractivity contribution in [2.45, 2.75) is 81.5 Å². The van der Waals surface area contributed by atoms with Crippen LogP contribution in [0.15, 0.2) is 42.5 Å². The van der Waals surface area contributed by atoms with E-state index in [0.717, 1.165) is 23.6 Å². The van der Waals surface area contributed by atoms with Crippen LogP contribution < -0.4 is 0 Å². The Kier molecular flexibility index (Phi) is 7.25. The maximum atomic E-state index is 13.8. The molecule has 2 fully saturated rings. The lowest BCUT2D eigenvalue weighted by Gasteiger charge is -2.45. The highest BCUT2D eigenvalue weighted by Crippen LogP contribution is 2.51. The number of amides is 1. The molecule has 0 bridgehead atoms. The van der Waals surface area contributed by atoms with Crippen LogP contribution in [0.3, 0.4) is 0 Å². The van der Waals surface area contributed by atoms with Gasteiger partial charge in [-0.2, -0.15) is 13.2 Å². The van der Waals surface area contributed by atoms with Gasteiger partial charge in [-0.25, -0.2) is 0 Å². The van der Waals surface area contributed by atoms with Crippen molar-refractivity contribution in [3.8, 4) is 0 Å². The van der Waals surface area contributed by atoms with Gasteiger partial charge in [0.25, 0.3) is 0 Å². The van der Waals surface area contributed by atoms with Crippen LogP contribution in [0.1, 0.15) is 67.7 Å². The Morgan fingerprint density at radius 2 is 1.74 bits per heavy atom. The van der Waals surface area contributed by atoms with Gasteiger partial charge >= 0.3 is 12.1 Å². The van der Waals surface area contributed by atoms with Crippen molar-refractivity contribution in [1.29, 1.82) is 0 Å². The Bertz CT molecular complexity index is 1270. The summed E-state index contributed by atoms with van der Waals surface area (Å²) in [5.41, 5.74) is -0.980. The summed E-state index contributed by atoms with van der Waals surface area (Å²) in [4.78, 5) is 27.1. The molecule has 1 saturated heterocycles. The first kappa shape index (κ1) is 28.0. The van der Waals surface area contributed by atoms with Crippen LogP contribution in [0.25, 0.3) is 0 Å². The summed E-state index contributed by atoms with van der Waals surface area (Å²) >= 11 is 6.29. The number of fused-ring (bicyclic) bond motifs is 3. The van der Waals surface area contributed by atoms with Gasteiger partial charge in [0.05, 0.1) is 5.92 Å². The number of hydrogen-bond acceptors (Lipinski definition) is 3. The average Bonchev–Trinajstić information content (AvgIpc) is 3.26. The highest BCUT2D eigenvalue weighted by Gasteiger charge is 2.55. The van der Waals surface area contributed by atoms with Gasteiger partial charge in [0.1, 0.15) is 0 Å². The standard InChI is InChI=1S/C30H33ClF3NO4/c1-28(39,30(32,33)34)22-10-11-24-21(16-22)9-12-25-29(24,17-18-3-2-4-23(31)15-18)13-14-35(25)26(36)19-5-7-20(8-6-19)27(37)38/h2-4,10-11,15-16,19-20,25,39H,5-9,12-14,17H2,1H3,(H,37,38). The van der Waals surface area contributed by atoms with Crippen LogP contribution in [0.5, 0.6) is 0 Å². The van der Waals surface area contributed by atoms with E-state index in [1.54, 1.807) is 12.1 Å². The Morgan fingerprint density at radius 1 is 1.05 bits per heavy atom. The van der Waals surface area contributed by atoms with Crippen LogP contribution in [0.2, 0.25) is 5.02 Å². The molecule has 210 valence electrons. The number of nitrogens with zero attached hydrogens (tertiary/aromatic N) is 1. The number of carbonyl (C=O) groups is 2. The fraction of sp³-hybridized carbons (Fsp3) is 0.533. The molecule has 5 nitrogen and oxygen atoms in total. The first-order valence-electron chi connectivity index (χ1n) is 13.5. The Hall–Kier alpha value is -2.58. The number of rotatable bonds is 5. The lowest BCUT2D eigenvalue weighted by Crippen LogP contribution is -2.51. The van der Waals surface area contributed by atoms with Crippen LogP contribution in [-0.4, -0.2) is 45.8 Å². The number of carboxylic acids is 1. The summed E-state index contributed by atoms with van der Waals surface area (Å²) in [7, 11) is 0. The van der Waals surface area contributed by atoms with Crippen LogP contribution in [0.4, 0.5) is 13.2 Å². The van der Waals surface area contributed by atoms with Crippen LogP contribution >= 0.6 is 11.6 Å². The summed E-state index contributed by atoms with van der Waals surface area (Å²) in [5, 5.41) is 20.3. The maximum absolute atomic E-state index is 13.8. The second-order valence-corrected chi connectivity index (χ2v) is 12.1.